The highest BCUT2D eigenvalue weighted by Gasteiger charge is 2.28. The van der Waals surface area contributed by atoms with E-state index < -0.39 is 5.54 Å². The Bertz CT molecular complexity index is 393. The molecule has 15 heavy (non-hydrogen) atoms. The molecule has 80 valence electrons. The Labute approximate surface area is 88.5 Å². The summed E-state index contributed by atoms with van der Waals surface area (Å²) in [6.45, 7) is 0. The Morgan fingerprint density at radius 3 is 2.53 bits per heavy atom. The fourth-order valence-electron chi connectivity index (χ4n) is 1.88. The zero-order valence-corrected chi connectivity index (χ0v) is 8.66. The molecule has 0 heterocycles. The van der Waals surface area contributed by atoms with Gasteiger partial charge in [0.1, 0.15) is 0 Å². The van der Waals surface area contributed by atoms with Gasteiger partial charge in [-0.05, 0) is 30.5 Å². The first-order valence-corrected chi connectivity index (χ1v) is 4.94. The number of hydrogen-bond acceptors (Lipinski definition) is 2. The van der Waals surface area contributed by atoms with Crippen LogP contribution in [0.5, 0.6) is 5.75 Å². The molecule has 3 heteroatoms. The minimum absolute atomic E-state index is 0.258. The average molecular weight is 207 g/mol. The SMILES string of the molecule is COc1ccc(C2(N)CC=CC2)cc1F. The normalized spacial score (nSPS) is 18.1. The largest absolute Gasteiger partial charge is 0.494 e. The number of ether oxygens (including phenoxy) is 1. The van der Waals surface area contributed by atoms with Crippen molar-refractivity contribution in [3.8, 4) is 5.75 Å². The molecule has 0 saturated heterocycles. The summed E-state index contributed by atoms with van der Waals surface area (Å²) in [4.78, 5) is 0. The third kappa shape index (κ3) is 1.75. The molecule has 0 bridgehead atoms. The third-order valence-electron chi connectivity index (χ3n) is 2.86. The maximum Gasteiger partial charge on any atom is 0.165 e. The molecule has 1 aromatic rings. The molecule has 0 amide bonds. The van der Waals surface area contributed by atoms with Crippen molar-refractivity contribution in [2.75, 3.05) is 7.11 Å². The maximum atomic E-state index is 13.5. The molecule has 0 spiro atoms. The van der Waals surface area contributed by atoms with Crippen molar-refractivity contribution in [2.45, 2.75) is 18.4 Å². The highest BCUT2D eigenvalue weighted by atomic mass is 19.1. The van der Waals surface area contributed by atoms with Gasteiger partial charge in [0.2, 0.25) is 0 Å². The van der Waals surface area contributed by atoms with Gasteiger partial charge in [-0.25, -0.2) is 4.39 Å². The molecule has 1 aliphatic rings. The number of rotatable bonds is 2. The molecule has 2 rings (SSSR count). The summed E-state index contributed by atoms with van der Waals surface area (Å²) in [5.41, 5.74) is 6.56. The summed E-state index contributed by atoms with van der Waals surface area (Å²) >= 11 is 0. The van der Waals surface area contributed by atoms with Crippen LogP contribution in [0.3, 0.4) is 0 Å². The number of halogens is 1. The minimum atomic E-state index is -0.437. The van der Waals surface area contributed by atoms with Gasteiger partial charge in [0.15, 0.2) is 11.6 Å². The lowest BCUT2D eigenvalue weighted by Crippen LogP contribution is -2.33. The average Bonchev–Trinajstić information content (AvgIpc) is 2.66. The summed E-state index contributed by atoms with van der Waals surface area (Å²) in [6.07, 6.45) is 5.59. The van der Waals surface area contributed by atoms with Gasteiger partial charge < -0.3 is 10.5 Å². The van der Waals surface area contributed by atoms with Crippen LogP contribution in [0.4, 0.5) is 4.39 Å². The van der Waals surface area contributed by atoms with Crippen molar-refractivity contribution in [3.05, 3.63) is 41.7 Å². The molecular formula is C12H14FNO. The van der Waals surface area contributed by atoms with E-state index in [1.807, 2.05) is 18.2 Å². The summed E-state index contributed by atoms with van der Waals surface area (Å²) in [7, 11) is 1.45. The van der Waals surface area contributed by atoms with Gasteiger partial charge >= 0.3 is 0 Å². The van der Waals surface area contributed by atoms with E-state index in [4.69, 9.17) is 10.5 Å². The standard InChI is InChI=1S/C12H14FNO/c1-15-11-5-4-9(8-10(11)13)12(14)6-2-3-7-12/h2-5,8H,6-7,14H2,1H3. The smallest absolute Gasteiger partial charge is 0.165 e. The van der Waals surface area contributed by atoms with E-state index in [1.54, 1.807) is 6.07 Å². The van der Waals surface area contributed by atoms with Crippen LogP contribution >= 0.6 is 0 Å². The van der Waals surface area contributed by atoms with Crippen molar-refractivity contribution >= 4 is 0 Å². The molecule has 0 aliphatic heterocycles. The Kier molecular flexibility index (Phi) is 2.49. The highest BCUT2D eigenvalue weighted by Crippen LogP contribution is 2.33. The first-order valence-electron chi connectivity index (χ1n) is 4.94. The van der Waals surface area contributed by atoms with Crippen LogP contribution in [0.25, 0.3) is 0 Å². The van der Waals surface area contributed by atoms with E-state index in [0.29, 0.717) is 0 Å². The van der Waals surface area contributed by atoms with E-state index in [-0.39, 0.29) is 11.6 Å². The Morgan fingerprint density at radius 2 is 2.00 bits per heavy atom. The molecule has 0 fully saturated rings. The number of methoxy groups -OCH3 is 1. The second kappa shape index (κ2) is 3.66. The topological polar surface area (TPSA) is 35.2 Å². The molecule has 2 nitrogen and oxygen atoms in total. The molecule has 0 radical (unpaired) electrons. The molecule has 0 atom stereocenters. The molecule has 0 saturated carbocycles. The summed E-state index contributed by atoms with van der Waals surface area (Å²) in [5.74, 6) is -0.0972. The minimum Gasteiger partial charge on any atom is -0.494 e. The quantitative estimate of drug-likeness (QED) is 0.755. The monoisotopic (exact) mass is 207 g/mol. The van der Waals surface area contributed by atoms with Crippen LogP contribution < -0.4 is 10.5 Å². The lowest BCUT2D eigenvalue weighted by atomic mass is 9.88. The van der Waals surface area contributed by atoms with Gasteiger partial charge in [0.25, 0.3) is 0 Å². The van der Waals surface area contributed by atoms with Gasteiger partial charge in [0.05, 0.1) is 7.11 Å². The van der Waals surface area contributed by atoms with E-state index in [1.165, 1.54) is 13.2 Å². The van der Waals surface area contributed by atoms with Crippen molar-refractivity contribution in [2.24, 2.45) is 5.73 Å². The maximum absolute atomic E-state index is 13.5. The number of benzene rings is 1. The fourth-order valence-corrected chi connectivity index (χ4v) is 1.88. The summed E-state index contributed by atoms with van der Waals surface area (Å²) in [6, 6.07) is 4.92. The molecular weight excluding hydrogens is 193 g/mol. The van der Waals surface area contributed by atoms with Crippen LogP contribution in [0.15, 0.2) is 30.4 Å². The van der Waals surface area contributed by atoms with Crippen molar-refractivity contribution in [1.29, 1.82) is 0 Å². The zero-order valence-electron chi connectivity index (χ0n) is 8.66. The Hall–Kier alpha value is -1.35. The molecule has 0 aromatic heterocycles. The number of nitrogens with two attached hydrogens (primary N) is 1. The predicted octanol–water partition coefficient (Wildman–Crippen LogP) is 2.34. The van der Waals surface area contributed by atoms with Crippen molar-refractivity contribution in [1.82, 2.24) is 0 Å². The second-order valence-corrected chi connectivity index (χ2v) is 3.89. The van der Waals surface area contributed by atoms with Crippen LogP contribution in [0.2, 0.25) is 0 Å². The van der Waals surface area contributed by atoms with Crippen LogP contribution in [0, 0.1) is 5.82 Å². The second-order valence-electron chi connectivity index (χ2n) is 3.89. The summed E-state index contributed by atoms with van der Waals surface area (Å²) < 4.78 is 18.3. The lowest BCUT2D eigenvalue weighted by molar-refractivity contribution is 0.384. The zero-order chi connectivity index (χ0) is 10.9. The fraction of sp³-hybridized carbons (Fsp3) is 0.333. The molecule has 1 aliphatic carbocycles. The molecule has 2 N–H and O–H groups in total. The molecule has 1 aromatic carbocycles. The van der Waals surface area contributed by atoms with E-state index in [0.717, 1.165) is 18.4 Å². The van der Waals surface area contributed by atoms with E-state index >= 15 is 0 Å². The van der Waals surface area contributed by atoms with Gasteiger partial charge in [-0.2, -0.15) is 0 Å². The van der Waals surface area contributed by atoms with E-state index in [2.05, 4.69) is 0 Å². The first kappa shape index (κ1) is 10.2. The molecule has 0 unspecified atom stereocenters. The van der Waals surface area contributed by atoms with E-state index in [9.17, 15) is 4.39 Å². The Balaban J connectivity index is 2.34. The Morgan fingerprint density at radius 1 is 1.33 bits per heavy atom. The lowest BCUT2D eigenvalue weighted by Gasteiger charge is -2.24. The first-order chi connectivity index (χ1) is 7.15. The van der Waals surface area contributed by atoms with Crippen molar-refractivity contribution in [3.63, 3.8) is 0 Å². The predicted molar refractivity (Wildman–Crippen MR) is 57.2 cm³/mol. The van der Waals surface area contributed by atoms with Crippen LogP contribution in [0.1, 0.15) is 18.4 Å². The number of hydrogen-bond donors (Lipinski definition) is 1. The third-order valence-corrected chi connectivity index (χ3v) is 2.86. The van der Waals surface area contributed by atoms with Gasteiger partial charge in [0, 0.05) is 5.54 Å². The van der Waals surface area contributed by atoms with Crippen LogP contribution in [-0.4, -0.2) is 7.11 Å². The van der Waals surface area contributed by atoms with Crippen molar-refractivity contribution < 1.29 is 9.13 Å². The highest BCUT2D eigenvalue weighted by molar-refractivity contribution is 5.35. The van der Waals surface area contributed by atoms with Gasteiger partial charge in [-0.15, -0.1) is 0 Å². The van der Waals surface area contributed by atoms with Gasteiger partial charge in [-0.1, -0.05) is 18.2 Å². The summed E-state index contributed by atoms with van der Waals surface area (Å²) in [5, 5.41) is 0. The van der Waals surface area contributed by atoms with Crippen LogP contribution in [-0.2, 0) is 5.54 Å². The van der Waals surface area contributed by atoms with Gasteiger partial charge in [-0.3, -0.25) is 0 Å².